The third-order valence-electron chi connectivity index (χ3n) is 1.14. The topological polar surface area (TPSA) is 45.7 Å². The molecule has 0 saturated carbocycles. The lowest BCUT2D eigenvalue weighted by Gasteiger charge is -1.89. The maximum absolute atomic E-state index is 8.23. The SMILES string of the molecule is Cc1ccoc1/C(Cl)=N/O. The van der Waals surface area contributed by atoms with Crippen LogP contribution in [0.15, 0.2) is 21.9 Å². The molecule has 4 heteroatoms. The van der Waals surface area contributed by atoms with Crippen LogP contribution in [0.1, 0.15) is 11.3 Å². The van der Waals surface area contributed by atoms with Crippen LogP contribution in [0.5, 0.6) is 0 Å². The predicted octanol–water partition coefficient (Wildman–Crippen LogP) is 1.96. The van der Waals surface area contributed by atoms with Crippen molar-refractivity contribution in [3.63, 3.8) is 0 Å². The molecule has 0 atom stereocenters. The fourth-order valence-electron chi connectivity index (χ4n) is 0.629. The van der Waals surface area contributed by atoms with Crippen LogP contribution in [0, 0.1) is 6.92 Å². The largest absolute Gasteiger partial charge is 0.461 e. The summed E-state index contributed by atoms with van der Waals surface area (Å²) in [6.07, 6.45) is 1.48. The van der Waals surface area contributed by atoms with Crippen LogP contribution < -0.4 is 0 Å². The highest BCUT2D eigenvalue weighted by molar-refractivity contribution is 6.69. The highest BCUT2D eigenvalue weighted by Crippen LogP contribution is 2.11. The van der Waals surface area contributed by atoms with E-state index >= 15 is 0 Å². The Balaban J connectivity index is 3.05. The van der Waals surface area contributed by atoms with Crippen molar-refractivity contribution in [2.24, 2.45) is 5.16 Å². The molecule has 0 aliphatic rings. The number of hydrogen-bond donors (Lipinski definition) is 1. The van der Waals surface area contributed by atoms with Crippen molar-refractivity contribution in [1.82, 2.24) is 0 Å². The van der Waals surface area contributed by atoms with Gasteiger partial charge in [-0.2, -0.15) is 0 Å². The van der Waals surface area contributed by atoms with Gasteiger partial charge in [-0.15, -0.1) is 0 Å². The van der Waals surface area contributed by atoms with E-state index in [-0.39, 0.29) is 5.17 Å². The van der Waals surface area contributed by atoms with Gasteiger partial charge in [0.15, 0.2) is 5.76 Å². The zero-order valence-corrected chi connectivity index (χ0v) is 6.09. The minimum atomic E-state index is -0.0255. The third-order valence-corrected chi connectivity index (χ3v) is 1.38. The molecule has 0 aliphatic heterocycles. The van der Waals surface area contributed by atoms with E-state index in [1.54, 1.807) is 6.07 Å². The van der Waals surface area contributed by atoms with Gasteiger partial charge in [0.25, 0.3) is 0 Å². The molecule has 0 spiro atoms. The first-order chi connectivity index (χ1) is 4.75. The van der Waals surface area contributed by atoms with Gasteiger partial charge in [-0.3, -0.25) is 0 Å². The van der Waals surface area contributed by atoms with E-state index in [9.17, 15) is 0 Å². The molecule has 0 unspecified atom stereocenters. The van der Waals surface area contributed by atoms with Gasteiger partial charge >= 0.3 is 0 Å². The zero-order chi connectivity index (χ0) is 7.56. The van der Waals surface area contributed by atoms with E-state index in [0.717, 1.165) is 5.56 Å². The second kappa shape index (κ2) is 2.75. The maximum Gasteiger partial charge on any atom is 0.211 e. The molecule has 3 nitrogen and oxygen atoms in total. The average molecular weight is 160 g/mol. The summed E-state index contributed by atoms with van der Waals surface area (Å²) in [5.74, 6) is 0.407. The first kappa shape index (κ1) is 7.15. The van der Waals surface area contributed by atoms with Gasteiger partial charge in [0.05, 0.1) is 6.26 Å². The van der Waals surface area contributed by atoms with Gasteiger partial charge in [-0.1, -0.05) is 16.8 Å². The summed E-state index contributed by atoms with van der Waals surface area (Å²) >= 11 is 5.44. The molecule has 54 valence electrons. The molecule has 0 amide bonds. The summed E-state index contributed by atoms with van der Waals surface area (Å²) < 4.78 is 4.89. The normalized spacial score (nSPS) is 12.0. The van der Waals surface area contributed by atoms with Gasteiger partial charge in [0.1, 0.15) is 0 Å². The van der Waals surface area contributed by atoms with E-state index in [2.05, 4.69) is 5.16 Å². The Bertz CT molecular complexity index is 254. The quantitative estimate of drug-likeness (QED) is 0.387. The molecule has 0 aliphatic carbocycles. The van der Waals surface area contributed by atoms with Crippen LogP contribution >= 0.6 is 11.6 Å². The Hall–Kier alpha value is -0.960. The molecule has 1 aromatic heterocycles. The highest BCUT2D eigenvalue weighted by Gasteiger charge is 2.06. The lowest BCUT2D eigenvalue weighted by molar-refractivity contribution is 0.319. The van der Waals surface area contributed by atoms with Crippen molar-refractivity contribution >= 4 is 16.8 Å². The van der Waals surface area contributed by atoms with Gasteiger partial charge in [0.2, 0.25) is 5.17 Å². The number of oxime groups is 1. The number of aryl methyl sites for hydroxylation is 1. The molecular formula is C6H6ClNO2. The summed E-state index contributed by atoms with van der Waals surface area (Å²) in [7, 11) is 0. The van der Waals surface area contributed by atoms with Crippen molar-refractivity contribution in [3.05, 3.63) is 23.7 Å². The van der Waals surface area contributed by atoms with Crippen LogP contribution in [0.25, 0.3) is 0 Å². The van der Waals surface area contributed by atoms with E-state index in [1.807, 2.05) is 6.92 Å². The van der Waals surface area contributed by atoms with Crippen LogP contribution in [0.2, 0.25) is 0 Å². The van der Waals surface area contributed by atoms with Crippen molar-refractivity contribution in [1.29, 1.82) is 0 Å². The van der Waals surface area contributed by atoms with E-state index in [0.29, 0.717) is 5.76 Å². The van der Waals surface area contributed by atoms with Crippen molar-refractivity contribution in [2.75, 3.05) is 0 Å². The summed E-state index contributed by atoms with van der Waals surface area (Å²) in [6, 6.07) is 1.74. The van der Waals surface area contributed by atoms with E-state index < -0.39 is 0 Å². The van der Waals surface area contributed by atoms with E-state index in [4.69, 9.17) is 21.2 Å². The molecule has 1 heterocycles. The van der Waals surface area contributed by atoms with Gasteiger partial charge in [-0.25, -0.2) is 0 Å². The second-order valence-corrected chi connectivity index (χ2v) is 2.18. The number of halogens is 1. The average Bonchev–Trinajstić information content (AvgIpc) is 2.34. The number of rotatable bonds is 1. The monoisotopic (exact) mass is 159 g/mol. The molecule has 0 fully saturated rings. The summed E-state index contributed by atoms with van der Waals surface area (Å²) in [4.78, 5) is 0. The van der Waals surface area contributed by atoms with Gasteiger partial charge in [-0.05, 0) is 18.6 Å². The number of furan rings is 1. The van der Waals surface area contributed by atoms with Crippen LogP contribution in [0.3, 0.4) is 0 Å². The molecule has 0 aromatic carbocycles. The lowest BCUT2D eigenvalue weighted by Crippen LogP contribution is -1.89. The smallest absolute Gasteiger partial charge is 0.211 e. The van der Waals surface area contributed by atoms with Crippen LogP contribution in [-0.2, 0) is 0 Å². The minimum Gasteiger partial charge on any atom is -0.461 e. The molecule has 10 heavy (non-hydrogen) atoms. The standard InChI is InChI=1S/C6H6ClNO2/c1-4-2-3-10-5(4)6(7)8-9/h2-3,9H,1H3/b8-6-. The van der Waals surface area contributed by atoms with Crippen molar-refractivity contribution < 1.29 is 9.62 Å². The lowest BCUT2D eigenvalue weighted by atomic mass is 10.3. The minimum absolute atomic E-state index is 0.0255. The zero-order valence-electron chi connectivity index (χ0n) is 5.34. The molecular weight excluding hydrogens is 154 g/mol. The molecule has 0 radical (unpaired) electrons. The van der Waals surface area contributed by atoms with Gasteiger partial charge in [0, 0.05) is 0 Å². The summed E-state index contributed by atoms with van der Waals surface area (Å²) in [5.41, 5.74) is 0.850. The molecule has 0 bridgehead atoms. The molecule has 1 aromatic rings. The van der Waals surface area contributed by atoms with Crippen LogP contribution in [-0.4, -0.2) is 10.4 Å². The molecule has 0 saturated heterocycles. The predicted molar refractivity (Wildman–Crippen MR) is 37.6 cm³/mol. The second-order valence-electron chi connectivity index (χ2n) is 1.82. The fourth-order valence-corrected chi connectivity index (χ4v) is 0.823. The third kappa shape index (κ3) is 1.14. The number of hydrogen-bond acceptors (Lipinski definition) is 3. The Morgan fingerprint density at radius 3 is 2.90 bits per heavy atom. The maximum atomic E-state index is 8.23. The van der Waals surface area contributed by atoms with Crippen molar-refractivity contribution in [3.8, 4) is 0 Å². The Morgan fingerprint density at radius 2 is 2.50 bits per heavy atom. The first-order valence-corrected chi connectivity index (χ1v) is 3.05. The number of nitrogens with zero attached hydrogens (tertiary/aromatic N) is 1. The van der Waals surface area contributed by atoms with Crippen molar-refractivity contribution in [2.45, 2.75) is 6.92 Å². The van der Waals surface area contributed by atoms with Gasteiger partial charge < -0.3 is 9.62 Å². The fraction of sp³-hybridized carbons (Fsp3) is 0.167. The Kier molecular flexibility index (Phi) is 1.97. The van der Waals surface area contributed by atoms with E-state index in [1.165, 1.54) is 6.26 Å². The Morgan fingerprint density at radius 1 is 1.80 bits per heavy atom. The summed E-state index contributed by atoms with van der Waals surface area (Å²) in [5, 5.41) is 11.0. The summed E-state index contributed by atoms with van der Waals surface area (Å²) in [6.45, 7) is 1.81. The molecule has 1 N–H and O–H groups in total. The molecule has 1 rings (SSSR count). The Labute approximate surface area is 62.9 Å². The first-order valence-electron chi connectivity index (χ1n) is 2.67. The van der Waals surface area contributed by atoms with Crippen LogP contribution in [0.4, 0.5) is 0 Å². The highest BCUT2D eigenvalue weighted by atomic mass is 35.5.